The van der Waals surface area contributed by atoms with Crippen LogP contribution in [0.3, 0.4) is 0 Å². The smallest absolute Gasteiger partial charge is 0.0177 e. The molecule has 1 saturated carbocycles. The number of hydrogen-bond donors (Lipinski definition) is 1. The lowest BCUT2D eigenvalue weighted by molar-refractivity contribution is 0.504. The first-order chi connectivity index (χ1) is 6.86. The van der Waals surface area contributed by atoms with Crippen molar-refractivity contribution in [2.45, 2.75) is 18.4 Å². The van der Waals surface area contributed by atoms with Crippen molar-refractivity contribution in [2.75, 3.05) is 0 Å². The molecule has 80 valence electrons. The molecule has 15 heavy (non-hydrogen) atoms. The topological polar surface area (TPSA) is 26.0 Å². The molecule has 1 aromatic carbocycles. The zero-order chi connectivity index (χ0) is 9.54. The van der Waals surface area contributed by atoms with Gasteiger partial charge < -0.3 is 5.73 Å². The van der Waals surface area contributed by atoms with Crippen LogP contribution in [-0.4, -0.2) is 6.04 Å². The quantitative estimate of drug-likeness (QED) is 0.726. The number of benzene rings is 1. The van der Waals surface area contributed by atoms with Gasteiger partial charge in [-0.15, -0.1) is 12.4 Å². The Morgan fingerprint density at radius 3 is 2.27 bits per heavy atom. The highest BCUT2D eigenvalue weighted by atomic mass is 35.5. The van der Waals surface area contributed by atoms with Crippen LogP contribution in [0.15, 0.2) is 42.5 Å². The van der Waals surface area contributed by atoms with E-state index in [1.54, 1.807) is 0 Å². The fourth-order valence-electron chi connectivity index (χ4n) is 3.01. The Balaban J connectivity index is 0.000000853. The van der Waals surface area contributed by atoms with Crippen LogP contribution < -0.4 is 5.73 Å². The zero-order valence-corrected chi connectivity index (χ0v) is 9.36. The summed E-state index contributed by atoms with van der Waals surface area (Å²) in [4.78, 5) is 0. The highest BCUT2D eigenvalue weighted by molar-refractivity contribution is 5.85. The van der Waals surface area contributed by atoms with E-state index in [1.807, 2.05) is 0 Å². The lowest BCUT2D eigenvalue weighted by atomic mass is 9.84. The molecular weight excluding hydrogens is 206 g/mol. The Morgan fingerprint density at radius 2 is 1.67 bits per heavy atom. The summed E-state index contributed by atoms with van der Waals surface area (Å²) < 4.78 is 0. The average molecular weight is 222 g/mol. The van der Waals surface area contributed by atoms with Gasteiger partial charge in [-0.05, 0) is 23.8 Å². The minimum absolute atomic E-state index is 0. The average Bonchev–Trinajstić information content (AvgIpc) is 2.79. The summed E-state index contributed by atoms with van der Waals surface area (Å²) in [6.45, 7) is 0. The first kappa shape index (κ1) is 10.7. The molecule has 0 spiro atoms. The van der Waals surface area contributed by atoms with Gasteiger partial charge in [0.2, 0.25) is 0 Å². The summed E-state index contributed by atoms with van der Waals surface area (Å²) in [5, 5.41) is 0. The largest absolute Gasteiger partial charge is 0.327 e. The second-order valence-electron chi connectivity index (χ2n) is 4.46. The summed E-state index contributed by atoms with van der Waals surface area (Å²) in [5.41, 5.74) is 7.66. The maximum atomic E-state index is 6.24. The molecule has 0 aromatic heterocycles. The highest BCUT2D eigenvalue weighted by Gasteiger charge is 2.42. The molecular formula is C13H16ClN. The maximum absolute atomic E-state index is 6.24. The molecule has 4 unspecified atom stereocenters. The van der Waals surface area contributed by atoms with Crippen LogP contribution in [0.5, 0.6) is 0 Å². The van der Waals surface area contributed by atoms with Crippen molar-refractivity contribution >= 4 is 12.4 Å². The lowest BCUT2D eigenvalue weighted by Crippen LogP contribution is -2.31. The van der Waals surface area contributed by atoms with Crippen molar-refractivity contribution in [1.82, 2.24) is 0 Å². The van der Waals surface area contributed by atoms with Gasteiger partial charge >= 0.3 is 0 Å². The Bertz CT molecular complexity index is 360. The standard InChI is InChI=1S/C13H15N.ClH/c14-13-11-7-6-10(8-11)12(13)9-4-2-1-3-5-9;/h1-7,10-13H,8,14H2;1H. The van der Waals surface area contributed by atoms with Gasteiger partial charge in [-0.1, -0.05) is 42.5 Å². The number of halogens is 1. The molecule has 1 nitrogen and oxygen atoms in total. The predicted molar refractivity (Wildman–Crippen MR) is 65.1 cm³/mol. The Hall–Kier alpha value is -0.790. The summed E-state index contributed by atoms with van der Waals surface area (Å²) in [6.07, 6.45) is 5.92. The Labute approximate surface area is 96.8 Å². The fraction of sp³-hybridized carbons (Fsp3) is 0.385. The minimum atomic E-state index is 0. The van der Waals surface area contributed by atoms with Crippen LogP contribution in [0.25, 0.3) is 0 Å². The zero-order valence-electron chi connectivity index (χ0n) is 8.54. The molecule has 0 heterocycles. The lowest BCUT2D eigenvalue weighted by Gasteiger charge is -2.24. The fourth-order valence-corrected chi connectivity index (χ4v) is 3.01. The molecule has 0 aliphatic heterocycles. The van der Waals surface area contributed by atoms with Gasteiger partial charge in [-0.2, -0.15) is 0 Å². The van der Waals surface area contributed by atoms with Crippen molar-refractivity contribution < 1.29 is 0 Å². The van der Waals surface area contributed by atoms with Gasteiger partial charge in [0.1, 0.15) is 0 Å². The second kappa shape index (κ2) is 3.99. The molecule has 3 rings (SSSR count). The van der Waals surface area contributed by atoms with Crippen LogP contribution in [-0.2, 0) is 0 Å². The number of nitrogens with two attached hydrogens (primary N) is 1. The SMILES string of the molecule is Cl.NC1C2C=CC(C2)C1c1ccccc1. The molecule has 0 saturated heterocycles. The monoisotopic (exact) mass is 221 g/mol. The molecule has 0 radical (unpaired) electrons. The molecule has 2 aliphatic carbocycles. The molecule has 4 atom stereocenters. The van der Waals surface area contributed by atoms with E-state index in [0.717, 1.165) is 0 Å². The van der Waals surface area contributed by atoms with E-state index in [2.05, 4.69) is 42.5 Å². The third-order valence-corrected chi connectivity index (χ3v) is 3.70. The highest BCUT2D eigenvalue weighted by Crippen LogP contribution is 2.47. The van der Waals surface area contributed by atoms with Crippen LogP contribution in [0, 0.1) is 11.8 Å². The predicted octanol–water partition coefficient (Wildman–Crippen LogP) is 2.73. The molecule has 2 aliphatic rings. The molecule has 0 amide bonds. The summed E-state index contributed by atoms with van der Waals surface area (Å²) >= 11 is 0. The van der Waals surface area contributed by atoms with E-state index in [0.29, 0.717) is 23.8 Å². The molecule has 2 heteroatoms. The van der Waals surface area contributed by atoms with E-state index in [1.165, 1.54) is 12.0 Å². The van der Waals surface area contributed by atoms with E-state index in [9.17, 15) is 0 Å². The summed E-state index contributed by atoms with van der Waals surface area (Å²) in [6, 6.07) is 11.0. The van der Waals surface area contributed by atoms with E-state index in [4.69, 9.17) is 5.73 Å². The second-order valence-corrected chi connectivity index (χ2v) is 4.46. The van der Waals surface area contributed by atoms with Gasteiger partial charge in [-0.3, -0.25) is 0 Å². The van der Waals surface area contributed by atoms with E-state index < -0.39 is 0 Å². The van der Waals surface area contributed by atoms with Crippen molar-refractivity contribution in [2.24, 2.45) is 17.6 Å². The van der Waals surface area contributed by atoms with Crippen LogP contribution in [0.2, 0.25) is 0 Å². The Kier molecular flexibility index (Phi) is 2.85. The van der Waals surface area contributed by atoms with Crippen molar-refractivity contribution in [1.29, 1.82) is 0 Å². The summed E-state index contributed by atoms with van der Waals surface area (Å²) in [5.74, 6) is 1.88. The number of hydrogen-bond acceptors (Lipinski definition) is 1. The van der Waals surface area contributed by atoms with Gasteiger partial charge in [0.25, 0.3) is 0 Å². The number of allylic oxidation sites excluding steroid dienone is 1. The molecule has 1 fully saturated rings. The third-order valence-electron chi connectivity index (χ3n) is 3.70. The number of rotatable bonds is 1. The van der Waals surface area contributed by atoms with Crippen LogP contribution >= 0.6 is 12.4 Å². The maximum Gasteiger partial charge on any atom is 0.0177 e. The molecule has 1 aromatic rings. The normalized spacial score (nSPS) is 36.6. The Morgan fingerprint density at radius 1 is 1.00 bits per heavy atom. The number of fused-ring (bicyclic) bond motifs is 2. The molecule has 2 N–H and O–H groups in total. The summed E-state index contributed by atoms with van der Waals surface area (Å²) in [7, 11) is 0. The van der Waals surface area contributed by atoms with Crippen LogP contribution in [0.4, 0.5) is 0 Å². The van der Waals surface area contributed by atoms with Crippen molar-refractivity contribution in [3.05, 3.63) is 48.0 Å². The first-order valence-electron chi connectivity index (χ1n) is 5.35. The van der Waals surface area contributed by atoms with Gasteiger partial charge in [0.05, 0.1) is 0 Å². The van der Waals surface area contributed by atoms with E-state index in [-0.39, 0.29) is 12.4 Å². The van der Waals surface area contributed by atoms with Crippen LogP contribution in [0.1, 0.15) is 17.9 Å². The minimum Gasteiger partial charge on any atom is -0.327 e. The van der Waals surface area contributed by atoms with Crippen molar-refractivity contribution in [3.63, 3.8) is 0 Å². The molecule has 2 bridgehead atoms. The van der Waals surface area contributed by atoms with Gasteiger partial charge in [0, 0.05) is 12.0 Å². The van der Waals surface area contributed by atoms with Gasteiger partial charge in [-0.25, -0.2) is 0 Å². The third kappa shape index (κ3) is 1.60. The van der Waals surface area contributed by atoms with Gasteiger partial charge in [0.15, 0.2) is 0 Å². The van der Waals surface area contributed by atoms with E-state index >= 15 is 0 Å². The first-order valence-corrected chi connectivity index (χ1v) is 5.35. The van der Waals surface area contributed by atoms with Crippen molar-refractivity contribution in [3.8, 4) is 0 Å².